The highest BCUT2D eigenvalue weighted by atomic mass is 19.4. The van der Waals surface area contributed by atoms with Crippen molar-refractivity contribution in [1.82, 2.24) is 51.0 Å². The lowest BCUT2D eigenvalue weighted by atomic mass is 10.0. The number of hydrogen-bond acceptors (Lipinski definition) is 34. The maximum Gasteiger partial charge on any atom is 0.490 e. The lowest BCUT2D eigenvalue weighted by molar-refractivity contribution is -0.192. The Bertz CT molecular complexity index is 5590. The molecule has 2 saturated heterocycles. The summed E-state index contributed by atoms with van der Waals surface area (Å²) in [6, 6.07) is 16.5. The second-order valence-corrected chi connectivity index (χ2v) is 34.3. The number of imide groups is 4. The average molecular weight is 2030 g/mol. The number of Topliss-reactive ketones (excluding diaryl/α,β-unsaturated/α-hetero) is 1. The third kappa shape index (κ3) is 29.9. The summed E-state index contributed by atoms with van der Waals surface area (Å²) in [7, 11) is 6.54. The van der Waals surface area contributed by atoms with E-state index in [4.69, 9.17) is 73.0 Å². The lowest BCUT2D eigenvalue weighted by Crippen LogP contribution is -2.55. The summed E-state index contributed by atoms with van der Waals surface area (Å²) in [6.07, 6.45) is 12.0. The number of carbonyl (C=O) groups is 15. The number of piperidine rings is 2. The Morgan fingerprint density at radius 1 is 0.497 bits per heavy atom. The van der Waals surface area contributed by atoms with E-state index in [9.17, 15) is 85.4 Å². The largest absolute Gasteiger partial charge is 0.495 e. The Hall–Kier alpha value is -14.0. The molecular formula is C98H126F3N17O27. The van der Waals surface area contributed by atoms with Crippen molar-refractivity contribution in [2.24, 2.45) is 5.73 Å². The van der Waals surface area contributed by atoms with Gasteiger partial charge < -0.3 is 104 Å². The zero-order valence-electron chi connectivity index (χ0n) is 81.0. The minimum atomic E-state index is -5.08. The molecule has 47 heteroatoms. The van der Waals surface area contributed by atoms with E-state index >= 15 is 0 Å². The number of halogens is 3. The summed E-state index contributed by atoms with van der Waals surface area (Å²) in [6.45, 7) is 10.1. The third-order valence-corrected chi connectivity index (χ3v) is 24.6. The molecule has 8 heterocycles. The highest BCUT2D eigenvalue weighted by Crippen LogP contribution is 2.44. The number of ketones is 1. The molecule has 44 nitrogen and oxygen atoms in total. The summed E-state index contributed by atoms with van der Waals surface area (Å²) in [5, 5.41) is 32.7. The monoisotopic (exact) mass is 2030 g/mol. The fourth-order valence-electron chi connectivity index (χ4n) is 17.3. The van der Waals surface area contributed by atoms with E-state index in [1.165, 1.54) is 56.7 Å². The van der Waals surface area contributed by atoms with E-state index in [1.54, 1.807) is 66.6 Å². The number of nitrogens with one attached hydrogen (secondary N) is 6. The van der Waals surface area contributed by atoms with Gasteiger partial charge in [-0.15, -0.1) is 0 Å². The summed E-state index contributed by atoms with van der Waals surface area (Å²) in [5.41, 5.74) is 8.63. The van der Waals surface area contributed by atoms with Crippen LogP contribution < -0.4 is 76.2 Å². The number of fused-ring (bicyclic) bond motifs is 4. The van der Waals surface area contributed by atoms with Gasteiger partial charge >= 0.3 is 18.1 Å². The molecule has 2 saturated carbocycles. The number of aliphatic carboxylic acids is 1. The van der Waals surface area contributed by atoms with Crippen LogP contribution in [0.25, 0.3) is 0 Å². The number of hydrogen-bond donors (Lipinski definition) is 9. The van der Waals surface area contributed by atoms with Crippen molar-refractivity contribution >= 4 is 135 Å². The quantitative estimate of drug-likeness (QED) is 0.0128. The van der Waals surface area contributed by atoms with Gasteiger partial charge in [0.05, 0.1) is 119 Å². The number of unbranched alkanes of at least 4 members (excludes halogenated alkanes) is 1. The SMILES string of the molecule is C.CC[C@@H]1C(=O)N(C)c2cnc(Nc3ccc(C(=O)NCCCOCCOCCOCCCNC(=O)COc4cccc5c4C(=O)N(C4CCC(=O)NC4=O)C5=O)cc3OC)nc2N1C1CCCC1.CC[C@@H]1C(=O)N(C)c2cnc(Nc3ccc(C(=O)O)cc3OC)nc2N1C1CCCC1.NCCCOCCOCCOCCCCC(=O)COc1cccc2c1C(=O)N(C1CCC(=O)NC1=O)C2=O.O=C(O)C(F)(F)F. The number of carboxylic acids is 2. The van der Waals surface area contributed by atoms with Gasteiger partial charge in [0.15, 0.2) is 24.0 Å². The normalized spacial score (nSPS) is 17.5. The number of nitrogens with two attached hydrogens (primary N) is 1. The van der Waals surface area contributed by atoms with Crippen LogP contribution in [0.1, 0.15) is 212 Å². The number of rotatable bonds is 48. The first-order valence-electron chi connectivity index (χ1n) is 47.8. The van der Waals surface area contributed by atoms with Gasteiger partial charge in [-0.25, -0.2) is 19.6 Å². The number of aromatic carboxylic acids is 1. The molecule has 786 valence electrons. The molecule has 4 atom stereocenters. The van der Waals surface area contributed by atoms with Crippen LogP contribution in [0.15, 0.2) is 85.2 Å². The van der Waals surface area contributed by atoms with Gasteiger partial charge in [0.2, 0.25) is 47.3 Å². The van der Waals surface area contributed by atoms with Crippen molar-refractivity contribution in [1.29, 1.82) is 0 Å². The summed E-state index contributed by atoms with van der Waals surface area (Å²) >= 11 is 0. The molecule has 0 spiro atoms. The maximum absolute atomic E-state index is 13.2. The van der Waals surface area contributed by atoms with E-state index < -0.39 is 90.0 Å². The van der Waals surface area contributed by atoms with Crippen molar-refractivity contribution in [3.8, 4) is 23.0 Å². The van der Waals surface area contributed by atoms with Crippen LogP contribution in [0, 0.1) is 0 Å². The third-order valence-electron chi connectivity index (χ3n) is 24.6. The van der Waals surface area contributed by atoms with Gasteiger partial charge in [0, 0.05) is 90.5 Å². The average Bonchev–Trinajstić information content (AvgIpc) is 0.907. The zero-order chi connectivity index (χ0) is 104. The maximum atomic E-state index is 13.2. The van der Waals surface area contributed by atoms with Crippen LogP contribution in [0.5, 0.6) is 23.0 Å². The Morgan fingerprint density at radius 2 is 0.897 bits per heavy atom. The van der Waals surface area contributed by atoms with Gasteiger partial charge in [-0.05, 0) is 151 Å². The van der Waals surface area contributed by atoms with Crippen LogP contribution in [-0.4, -0.2) is 311 Å². The second-order valence-electron chi connectivity index (χ2n) is 34.3. The number of benzene rings is 4. The first-order chi connectivity index (χ1) is 69.3. The molecular weight excluding hydrogens is 1900 g/mol. The van der Waals surface area contributed by atoms with Crippen molar-refractivity contribution in [2.75, 3.05) is 171 Å². The molecule has 8 aliphatic rings. The van der Waals surface area contributed by atoms with Crippen LogP contribution in [0.2, 0.25) is 0 Å². The van der Waals surface area contributed by atoms with Gasteiger partial charge in [0.1, 0.15) is 65.1 Å². The van der Waals surface area contributed by atoms with Crippen LogP contribution in [0.4, 0.5) is 59.5 Å². The number of aromatic nitrogens is 4. The molecule has 2 aromatic heterocycles. The van der Waals surface area contributed by atoms with Gasteiger partial charge in [-0.2, -0.15) is 23.1 Å². The summed E-state index contributed by atoms with van der Waals surface area (Å²) in [5.74, 6) is -6.31. The Kier molecular flexibility index (Phi) is 43.0. The van der Waals surface area contributed by atoms with E-state index in [2.05, 4.69) is 51.7 Å². The lowest BCUT2D eigenvalue weighted by Gasteiger charge is -2.43. The molecule has 10 N–H and O–H groups in total. The van der Waals surface area contributed by atoms with E-state index in [1.807, 2.05) is 13.8 Å². The predicted octanol–water partition coefficient (Wildman–Crippen LogP) is 8.19. The van der Waals surface area contributed by atoms with E-state index in [-0.39, 0.29) is 133 Å². The summed E-state index contributed by atoms with van der Waals surface area (Å²) < 4.78 is 86.9. The number of carboxylic acid groups (broad SMARTS) is 2. The van der Waals surface area contributed by atoms with Crippen LogP contribution in [-0.2, 0) is 71.6 Å². The molecule has 4 aromatic carbocycles. The van der Waals surface area contributed by atoms with Gasteiger partial charge in [-0.1, -0.05) is 59.1 Å². The van der Waals surface area contributed by atoms with Crippen LogP contribution >= 0.6 is 0 Å². The van der Waals surface area contributed by atoms with Crippen molar-refractivity contribution < 1.29 is 143 Å². The molecule has 2 aliphatic carbocycles. The first-order valence-corrected chi connectivity index (χ1v) is 47.8. The van der Waals surface area contributed by atoms with Gasteiger partial charge in [0.25, 0.3) is 35.4 Å². The minimum Gasteiger partial charge on any atom is -0.495 e. The van der Waals surface area contributed by atoms with Gasteiger partial charge in [-0.3, -0.25) is 82.8 Å². The number of carbonyl (C=O) groups excluding carboxylic acids is 13. The van der Waals surface area contributed by atoms with Crippen molar-refractivity contribution in [3.05, 3.63) is 119 Å². The molecule has 145 heavy (non-hydrogen) atoms. The molecule has 12 amide bonds. The number of likely N-dealkylation sites (N-methyl/N-ethyl adjacent to an activating group) is 2. The molecule has 6 aliphatic heterocycles. The van der Waals surface area contributed by atoms with Crippen LogP contribution in [0.3, 0.4) is 0 Å². The molecule has 14 rings (SSSR count). The minimum absolute atomic E-state index is 0. The number of anilines is 8. The molecule has 6 aromatic rings. The standard InChI is InChI=1S/C47H59N9O12.C26H35N3O9.C22H27N5O4.C2HF3O2.CH4/c1-4-33-45(62)54(2)35-27-50-47(53-41(35)55(33)30-10-5-6-11-30)51-32-15-14-29(26-37(32)64-3)42(59)49-19-9-21-66-23-25-67-24-22-65-20-8-18-48-39(58)28-68-36-13-7-12-31-40(36)46(63)56(44(31)61)34-16-17-38(57)52-43(34)60;27-10-4-12-36-14-16-37-15-13-35-11-2-1-5-18(30)17-38-21-7-3-6-19-23(21)26(34)29(25(19)33)20-8-9-22(31)28-24(20)32;1-4-16-20(28)26(2)17-12-23-22(25-19(17)27(16)14-7-5-6-8-14)24-15-10-9-13(21(29)30)11-18(15)31-3;3-2(4,5)1(6)7;/h7,12-15,26-27,30,33-34H,4-6,8-11,16-25,28H2,1-3H3,(H,48,58)(H,49,59)(H,50,51,53)(H,52,57,60);3,6-7,20H,1-2,4-5,8-17,27H2,(H,28,31,32);9-12,14,16H,4-8H2,1-3H3,(H,29,30)(H,23,24,25);(H,6,7);1H4/t33-,34?;;16-;;/m1.1../s1. The first kappa shape index (κ1) is 113. The number of ether oxygens (including phenoxy) is 10. The number of nitrogens with zero attached hydrogens (tertiary/aromatic N) is 10. The molecule has 0 bridgehead atoms. The number of amides is 12. The molecule has 0 radical (unpaired) electrons. The van der Waals surface area contributed by atoms with E-state index in [0.717, 1.165) is 79.2 Å². The highest BCUT2D eigenvalue weighted by Gasteiger charge is 2.50. The van der Waals surface area contributed by atoms with Crippen molar-refractivity contribution in [2.45, 2.75) is 192 Å². The van der Waals surface area contributed by atoms with Crippen molar-refractivity contribution in [3.63, 3.8) is 0 Å². The molecule has 4 fully saturated rings. The smallest absolute Gasteiger partial charge is 0.490 e. The summed E-state index contributed by atoms with van der Waals surface area (Å²) in [4.78, 5) is 212. The zero-order valence-corrected chi connectivity index (χ0v) is 81.0. The molecule has 2 unspecified atom stereocenters. The predicted molar refractivity (Wildman–Crippen MR) is 518 cm³/mol. The topological polar surface area (TPSA) is 558 Å². The Morgan fingerprint density at radius 3 is 1.30 bits per heavy atom. The van der Waals surface area contributed by atoms with E-state index in [0.29, 0.717) is 189 Å². The number of methoxy groups -OCH3 is 2. The Labute approximate surface area is 834 Å². The highest BCUT2D eigenvalue weighted by molar-refractivity contribution is 6.26. The second kappa shape index (κ2) is 55.2. The Balaban J connectivity index is 0.000000235. The fraction of sp³-hybridized carbons (Fsp3) is 0.520. The number of alkyl halides is 3. The fourth-order valence-corrected chi connectivity index (χ4v) is 17.3.